The summed E-state index contributed by atoms with van der Waals surface area (Å²) in [5, 5.41) is 11.4. The van der Waals surface area contributed by atoms with Gasteiger partial charge in [-0.1, -0.05) is 26.8 Å². The summed E-state index contributed by atoms with van der Waals surface area (Å²) < 4.78 is 4.92. The Kier molecular flexibility index (Phi) is 7.08. The molecule has 0 aromatic heterocycles. The molecule has 0 aromatic carbocycles. The van der Waals surface area contributed by atoms with Crippen LogP contribution in [0.1, 0.15) is 40.0 Å². The van der Waals surface area contributed by atoms with Crippen LogP contribution in [-0.4, -0.2) is 29.8 Å². The molecule has 5 nitrogen and oxygen atoms in total. The van der Waals surface area contributed by atoms with Gasteiger partial charge in [-0.05, 0) is 24.7 Å². The number of aliphatic carboxylic acids is 1. The predicted octanol–water partition coefficient (Wildman–Crippen LogP) is 2.57. The summed E-state index contributed by atoms with van der Waals surface area (Å²) in [5.41, 5.74) is -0.562. The number of unbranched alkanes of at least 4 members (excludes halogenated alkanes) is 2. The molecule has 0 aliphatic rings. The van der Waals surface area contributed by atoms with Gasteiger partial charge in [-0.25, -0.2) is 9.59 Å². The summed E-state index contributed by atoms with van der Waals surface area (Å²) in [4.78, 5) is 22.4. The Balaban J connectivity index is 4.04. The molecule has 0 aromatic rings. The van der Waals surface area contributed by atoms with Gasteiger partial charge in [-0.3, -0.25) is 0 Å². The molecule has 0 bridgehead atoms. The zero-order valence-electron chi connectivity index (χ0n) is 11.4. The Morgan fingerprint density at radius 2 is 2.00 bits per heavy atom. The number of nitrogens with one attached hydrogen (secondary N) is 1. The van der Waals surface area contributed by atoms with Gasteiger partial charge in [0, 0.05) is 0 Å². The smallest absolute Gasteiger partial charge is 0.407 e. The molecule has 0 heterocycles. The van der Waals surface area contributed by atoms with Crippen molar-refractivity contribution in [1.82, 2.24) is 5.32 Å². The van der Waals surface area contributed by atoms with E-state index in [1.807, 2.05) is 0 Å². The highest BCUT2D eigenvalue weighted by molar-refractivity contribution is 5.80. The summed E-state index contributed by atoms with van der Waals surface area (Å²) in [7, 11) is 0. The van der Waals surface area contributed by atoms with E-state index in [1.165, 1.54) is 0 Å². The molecule has 18 heavy (non-hydrogen) atoms. The molecule has 104 valence electrons. The second-order valence-electron chi connectivity index (χ2n) is 5.20. The van der Waals surface area contributed by atoms with Crippen LogP contribution < -0.4 is 5.32 Å². The van der Waals surface area contributed by atoms with E-state index in [9.17, 15) is 9.59 Å². The van der Waals surface area contributed by atoms with Crippen LogP contribution in [0.3, 0.4) is 0 Å². The molecule has 0 unspecified atom stereocenters. The third-order valence-electron chi connectivity index (χ3n) is 2.41. The lowest BCUT2D eigenvalue weighted by Crippen LogP contribution is -2.49. The molecular weight excluding hydrogens is 234 g/mol. The van der Waals surface area contributed by atoms with E-state index in [1.54, 1.807) is 26.8 Å². The average Bonchev–Trinajstić information content (AvgIpc) is 2.23. The largest absolute Gasteiger partial charge is 0.480 e. The van der Waals surface area contributed by atoms with Crippen LogP contribution in [0.4, 0.5) is 4.79 Å². The summed E-state index contributed by atoms with van der Waals surface area (Å²) in [6.07, 6.45) is 3.64. The number of hydrogen-bond acceptors (Lipinski definition) is 3. The number of carboxylic acids is 1. The van der Waals surface area contributed by atoms with E-state index in [0.717, 1.165) is 19.3 Å². The van der Waals surface area contributed by atoms with Crippen molar-refractivity contribution >= 4 is 12.1 Å². The van der Waals surface area contributed by atoms with Crippen molar-refractivity contribution in [2.24, 2.45) is 5.41 Å². The Morgan fingerprint density at radius 1 is 1.39 bits per heavy atom. The molecule has 0 aliphatic heterocycles. The number of hydrogen-bond donors (Lipinski definition) is 2. The van der Waals surface area contributed by atoms with Gasteiger partial charge in [0.25, 0.3) is 0 Å². The van der Waals surface area contributed by atoms with Crippen molar-refractivity contribution in [3.63, 3.8) is 0 Å². The number of carbonyl (C=O) groups excluding carboxylic acids is 1. The quantitative estimate of drug-likeness (QED) is 0.543. The van der Waals surface area contributed by atoms with E-state index in [2.05, 4.69) is 11.9 Å². The third-order valence-corrected chi connectivity index (χ3v) is 2.41. The van der Waals surface area contributed by atoms with Crippen molar-refractivity contribution in [2.45, 2.75) is 46.1 Å². The van der Waals surface area contributed by atoms with Gasteiger partial charge >= 0.3 is 12.1 Å². The lowest BCUT2D eigenvalue weighted by Gasteiger charge is -2.27. The fourth-order valence-electron chi connectivity index (χ4n) is 1.36. The van der Waals surface area contributed by atoms with Crippen molar-refractivity contribution < 1.29 is 19.4 Å². The minimum atomic E-state index is -1.06. The number of carboxylic acid groups (broad SMARTS) is 1. The first-order valence-electron chi connectivity index (χ1n) is 6.06. The number of amides is 1. The minimum absolute atomic E-state index is 0.288. The molecule has 2 N–H and O–H groups in total. The van der Waals surface area contributed by atoms with Gasteiger partial charge < -0.3 is 15.2 Å². The highest BCUT2D eigenvalue weighted by atomic mass is 16.5. The second-order valence-corrected chi connectivity index (χ2v) is 5.20. The molecule has 0 spiro atoms. The van der Waals surface area contributed by atoms with Gasteiger partial charge in [0.05, 0.1) is 6.61 Å². The molecule has 5 heteroatoms. The van der Waals surface area contributed by atoms with E-state index in [4.69, 9.17) is 9.84 Å². The monoisotopic (exact) mass is 257 g/mol. The molecule has 1 amide bonds. The average molecular weight is 257 g/mol. The molecule has 0 rings (SSSR count). The zero-order chi connectivity index (χ0) is 14.2. The van der Waals surface area contributed by atoms with Crippen LogP contribution in [0.25, 0.3) is 0 Å². The molecular formula is C13H23NO4. The van der Waals surface area contributed by atoms with E-state index in [0.29, 0.717) is 0 Å². The van der Waals surface area contributed by atoms with Crippen LogP contribution in [0, 0.1) is 5.41 Å². The van der Waals surface area contributed by atoms with E-state index in [-0.39, 0.29) is 6.61 Å². The number of rotatable bonds is 7. The summed E-state index contributed by atoms with van der Waals surface area (Å²) in [6.45, 7) is 9.12. The summed E-state index contributed by atoms with van der Waals surface area (Å²) in [5.74, 6) is -1.06. The van der Waals surface area contributed by atoms with Crippen LogP contribution in [0.15, 0.2) is 12.7 Å². The van der Waals surface area contributed by atoms with Crippen LogP contribution in [0.2, 0.25) is 0 Å². The number of carbonyl (C=O) groups is 2. The highest BCUT2D eigenvalue weighted by Crippen LogP contribution is 2.19. The predicted molar refractivity (Wildman–Crippen MR) is 69.4 cm³/mol. The molecule has 1 atom stereocenters. The topological polar surface area (TPSA) is 75.6 Å². The van der Waals surface area contributed by atoms with Gasteiger partial charge in [-0.2, -0.15) is 0 Å². The Morgan fingerprint density at radius 3 is 2.44 bits per heavy atom. The molecule has 0 saturated heterocycles. The highest BCUT2D eigenvalue weighted by Gasteiger charge is 2.32. The zero-order valence-corrected chi connectivity index (χ0v) is 11.4. The molecule has 0 saturated carbocycles. The SMILES string of the molecule is C=CCCCCOC(=O)N[C@H](C(=O)O)C(C)(C)C. The van der Waals surface area contributed by atoms with E-state index >= 15 is 0 Å². The van der Waals surface area contributed by atoms with Crippen molar-refractivity contribution in [3.05, 3.63) is 12.7 Å². The lowest BCUT2D eigenvalue weighted by molar-refractivity contribution is -0.142. The van der Waals surface area contributed by atoms with Crippen LogP contribution in [0.5, 0.6) is 0 Å². The molecule has 0 aliphatic carbocycles. The maximum Gasteiger partial charge on any atom is 0.407 e. The first-order valence-corrected chi connectivity index (χ1v) is 6.06. The third kappa shape index (κ3) is 6.93. The van der Waals surface area contributed by atoms with Crippen molar-refractivity contribution in [2.75, 3.05) is 6.61 Å². The first kappa shape index (κ1) is 16.5. The fourth-order valence-corrected chi connectivity index (χ4v) is 1.36. The molecule has 0 fully saturated rings. The van der Waals surface area contributed by atoms with E-state index < -0.39 is 23.5 Å². The number of ether oxygens (including phenoxy) is 1. The number of allylic oxidation sites excluding steroid dienone is 1. The summed E-state index contributed by atoms with van der Waals surface area (Å²) >= 11 is 0. The fraction of sp³-hybridized carbons (Fsp3) is 0.692. The summed E-state index contributed by atoms with van der Waals surface area (Å²) in [6, 6.07) is -0.960. The first-order chi connectivity index (χ1) is 8.29. The van der Waals surface area contributed by atoms with Gasteiger partial charge in [-0.15, -0.1) is 6.58 Å². The Hall–Kier alpha value is -1.52. The van der Waals surface area contributed by atoms with Gasteiger partial charge in [0.2, 0.25) is 0 Å². The molecule has 0 radical (unpaired) electrons. The Bertz CT molecular complexity index is 294. The van der Waals surface area contributed by atoms with Crippen molar-refractivity contribution in [1.29, 1.82) is 0 Å². The lowest BCUT2D eigenvalue weighted by atomic mass is 9.87. The maximum absolute atomic E-state index is 11.4. The second kappa shape index (κ2) is 7.74. The van der Waals surface area contributed by atoms with Gasteiger partial charge in [0.1, 0.15) is 6.04 Å². The minimum Gasteiger partial charge on any atom is -0.480 e. The van der Waals surface area contributed by atoms with Crippen LogP contribution in [-0.2, 0) is 9.53 Å². The van der Waals surface area contributed by atoms with Gasteiger partial charge in [0.15, 0.2) is 0 Å². The maximum atomic E-state index is 11.4. The number of alkyl carbamates (subject to hydrolysis) is 1. The standard InChI is InChI=1S/C13H23NO4/c1-5-6-7-8-9-18-12(17)14-10(11(15)16)13(2,3)4/h5,10H,1,6-9H2,2-4H3,(H,14,17)(H,15,16)/t10-/m1/s1. The Labute approximate surface area is 108 Å². The normalized spacial score (nSPS) is 12.6. The van der Waals surface area contributed by atoms with Crippen molar-refractivity contribution in [3.8, 4) is 0 Å². The van der Waals surface area contributed by atoms with Crippen LogP contribution >= 0.6 is 0 Å².